The number of carbonyl (C=O) groups is 1. The predicted octanol–water partition coefficient (Wildman–Crippen LogP) is 1.82. The largest absolute Gasteiger partial charge is 0.465 e. The molecular weight excluding hydrogens is 275 g/mol. The second-order valence-electron chi connectivity index (χ2n) is 4.94. The molecule has 3 unspecified atom stereocenters. The SMILES string of the molecule is O=C(O)N1CC2CC(Nc3cc(F)nc(Cl)n3)C1C2. The van der Waals surface area contributed by atoms with Crippen molar-refractivity contribution in [3.63, 3.8) is 0 Å². The number of aromatic nitrogens is 2. The van der Waals surface area contributed by atoms with Crippen LogP contribution in [0.5, 0.6) is 0 Å². The lowest BCUT2D eigenvalue weighted by Crippen LogP contribution is -2.47. The number of anilines is 1. The lowest BCUT2D eigenvalue weighted by atomic mass is 10.1. The van der Waals surface area contributed by atoms with Crippen LogP contribution >= 0.6 is 11.6 Å². The molecule has 0 radical (unpaired) electrons. The minimum atomic E-state index is -0.911. The van der Waals surface area contributed by atoms with E-state index in [0.29, 0.717) is 18.3 Å². The maximum Gasteiger partial charge on any atom is 0.407 e. The van der Waals surface area contributed by atoms with Crippen molar-refractivity contribution in [2.45, 2.75) is 24.9 Å². The zero-order valence-electron chi connectivity index (χ0n) is 9.88. The molecular formula is C11H12ClFN4O2. The van der Waals surface area contributed by atoms with Gasteiger partial charge in [-0.1, -0.05) is 0 Å². The molecule has 2 aliphatic rings. The van der Waals surface area contributed by atoms with Gasteiger partial charge in [-0.15, -0.1) is 0 Å². The lowest BCUT2D eigenvalue weighted by molar-refractivity contribution is 0.127. The molecule has 1 aliphatic heterocycles. The Morgan fingerprint density at radius 2 is 2.32 bits per heavy atom. The Hall–Kier alpha value is -1.63. The number of carboxylic acid groups (broad SMARTS) is 1. The Kier molecular flexibility index (Phi) is 2.93. The molecule has 2 heterocycles. The van der Waals surface area contributed by atoms with Crippen LogP contribution in [-0.2, 0) is 0 Å². The Bertz CT molecular complexity index is 509. The van der Waals surface area contributed by atoms with Gasteiger partial charge in [-0.2, -0.15) is 9.37 Å². The molecule has 19 heavy (non-hydrogen) atoms. The average Bonchev–Trinajstić information content (AvgIpc) is 2.86. The number of likely N-dealkylation sites (tertiary alicyclic amines) is 1. The quantitative estimate of drug-likeness (QED) is 0.640. The van der Waals surface area contributed by atoms with Gasteiger partial charge in [-0.25, -0.2) is 9.78 Å². The standard InChI is InChI=1S/C11H12ClFN4O2/c12-10-15-8(13)3-9(16-10)14-6-1-5-2-7(6)17(4-5)11(18)19/h3,5-7H,1-2,4H2,(H,18,19)(H,14,15,16). The first-order chi connectivity index (χ1) is 9.02. The minimum Gasteiger partial charge on any atom is -0.465 e. The molecule has 1 amide bonds. The van der Waals surface area contributed by atoms with Crippen LogP contribution in [0.3, 0.4) is 0 Å². The number of fused-ring (bicyclic) bond motifs is 2. The predicted molar refractivity (Wildman–Crippen MR) is 65.7 cm³/mol. The molecule has 0 spiro atoms. The number of rotatable bonds is 2. The molecule has 1 saturated heterocycles. The van der Waals surface area contributed by atoms with E-state index in [1.807, 2.05) is 0 Å². The van der Waals surface area contributed by atoms with Crippen LogP contribution < -0.4 is 5.32 Å². The molecule has 8 heteroatoms. The summed E-state index contributed by atoms with van der Waals surface area (Å²) in [6, 6.07) is 1.02. The summed E-state index contributed by atoms with van der Waals surface area (Å²) in [5.74, 6) is -0.0538. The fraction of sp³-hybridized carbons (Fsp3) is 0.545. The van der Waals surface area contributed by atoms with Gasteiger partial charge in [0, 0.05) is 18.7 Å². The van der Waals surface area contributed by atoms with E-state index in [2.05, 4.69) is 15.3 Å². The van der Waals surface area contributed by atoms with E-state index in [1.165, 1.54) is 4.90 Å². The zero-order valence-corrected chi connectivity index (χ0v) is 10.6. The normalized spacial score (nSPS) is 28.7. The van der Waals surface area contributed by atoms with Crippen LogP contribution in [0.2, 0.25) is 5.28 Å². The summed E-state index contributed by atoms with van der Waals surface area (Å²) in [6.07, 6.45) is 0.786. The van der Waals surface area contributed by atoms with Gasteiger partial charge in [-0.05, 0) is 30.4 Å². The van der Waals surface area contributed by atoms with Gasteiger partial charge >= 0.3 is 6.09 Å². The summed E-state index contributed by atoms with van der Waals surface area (Å²) in [4.78, 5) is 19.8. The highest BCUT2D eigenvalue weighted by molar-refractivity contribution is 6.28. The first kappa shape index (κ1) is 12.4. The lowest BCUT2D eigenvalue weighted by Gasteiger charge is -2.31. The van der Waals surface area contributed by atoms with Crippen molar-refractivity contribution in [3.8, 4) is 0 Å². The maximum atomic E-state index is 13.1. The highest BCUT2D eigenvalue weighted by Crippen LogP contribution is 2.39. The molecule has 102 valence electrons. The molecule has 1 aromatic heterocycles. The van der Waals surface area contributed by atoms with E-state index in [1.54, 1.807) is 0 Å². The fourth-order valence-corrected chi connectivity index (χ4v) is 3.23. The number of piperidine rings is 1. The maximum absolute atomic E-state index is 13.1. The van der Waals surface area contributed by atoms with E-state index in [-0.39, 0.29) is 17.4 Å². The summed E-state index contributed by atoms with van der Waals surface area (Å²) in [5, 5.41) is 12.0. The van der Waals surface area contributed by atoms with Gasteiger partial charge in [0.2, 0.25) is 11.2 Å². The molecule has 2 bridgehead atoms. The van der Waals surface area contributed by atoms with Crippen LogP contribution in [-0.4, -0.2) is 44.7 Å². The summed E-state index contributed by atoms with van der Waals surface area (Å²) >= 11 is 5.59. The van der Waals surface area contributed by atoms with Crippen molar-refractivity contribution >= 4 is 23.5 Å². The Morgan fingerprint density at radius 1 is 1.53 bits per heavy atom. The van der Waals surface area contributed by atoms with Crippen molar-refractivity contribution in [2.75, 3.05) is 11.9 Å². The molecule has 1 aliphatic carbocycles. The van der Waals surface area contributed by atoms with Crippen LogP contribution in [0, 0.1) is 11.9 Å². The number of amides is 1. The smallest absolute Gasteiger partial charge is 0.407 e. The van der Waals surface area contributed by atoms with E-state index in [9.17, 15) is 9.18 Å². The summed E-state index contributed by atoms with van der Waals surface area (Å²) < 4.78 is 13.1. The van der Waals surface area contributed by atoms with Crippen LogP contribution in [0.1, 0.15) is 12.8 Å². The third-order valence-electron chi connectivity index (χ3n) is 3.73. The van der Waals surface area contributed by atoms with Gasteiger partial charge in [0.1, 0.15) is 5.82 Å². The molecule has 2 fully saturated rings. The van der Waals surface area contributed by atoms with Gasteiger partial charge < -0.3 is 15.3 Å². The van der Waals surface area contributed by atoms with E-state index in [4.69, 9.17) is 16.7 Å². The first-order valence-corrected chi connectivity index (χ1v) is 6.37. The highest BCUT2D eigenvalue weighted by atomic mass is 35.5. The molecule has 3 rings (SSSR count). The fourth-order valence-electron chi connectivity index (χ4n) is 3.05. The number of hydrogen-bond acceptors (Lipinski definition) is 4. The Labute approximate surface area is 113 Å². The first-order valence-electron chi connectivity index (χ1n) is 5.99. The van der Waals surface area contributed by atoms with Gasteiger partial charge in [-0.3, -0.25) is 0 Å². The van der Waals surface area contributed by atoms with Crippen molar-refractivity contribution in [2.24, 2.45) is 5.92 Å². The number of halogens is 2. The molecule has 1 aromatic rings. The summed E-state index contributed by atoms with van der Waals surface area (Å²) in [7, 11) is 0. The molecule has 2 N–H and O–H groups in total. The molecule has 1 saturated carbocycles. The Balaban J connectivity index is 1.75. The third-order valence-corrected chi connectivity index (χ3v) is 3.90. The molecule has 3 atom stereocenters. The van der Waals surface area contributed by atoms with Crippen molar-refractivity contribution in [1.82, 2.24) is 14.9 Å². The second kappa shape index (κ2) is 4.48. The minimum absolute atomic E-state index is 0.0554. The number of nitrogens with zero attached hydrogens (tertiary/aromatic N) is 3. The number of nitrogens with one attached hydrogen (secondary N) is 1. The zero-order chi connectivity index (χ0) is 13.6. The second-order valence-corrected chi connectivity index (χ2v) is 5.27. The van der Waals surface area contributed by atoms with Gasteiger partial charge in [0.05, 0.1) is 6.04 Å². The van der Waals surface area contributed by atoms with Crippen LogP contribution in [0.4, 0.5) is 15.0 Å². The van der Waals surface area contributed by atoms with Crippen LogP contribution in [0.25, 0.3) is 0 Å². The van der Waals surface area contributed by atoms with Crippen LogP contribution in [0.15, 0.2) is 6.07 Å². The van der Waals surface area contributed by atoms with Gasteiger partial charge in [0.15, 0.2) is 0 Å². The monoisotopic (exact) mass is 286 g/mol. The van der Waals surface area contributed by atoms with Crippen molar-refractivity contribution in [3.05, 3.63) is 17.3 Å². The average molecular weight is 287 g/mol. The Morgan fingerprint density at radius 3 is 2.95 bits per heavy atom. The highest BCUT2D eigenvalue weighted by Gasteiger charge is 2.47. The summed E-state index contributed by atoms with van der Waals surface area (Å²) in [5.41, 5.74) is 0. The topological polar surface area (TPSA) is 78.4 Å². The van der Waals surface area contributed by atoms with Crippen molar-refractivity contribution in [1.29, 1.82) is 0 Å². The third kappa shape index (κ3) is 2.30. The molecule has 0 aromatic carbocycles. The number of hydrogen-bond donors (Lipinski definition) is 2. The van der Waals surface area contributed by atoms with Crippen molar-refractivity contribution < 1.29 is 14.3 Å². The molecule has 6 nitrogen and oxygen atoms in total. The van der Waals surface area contributed by atoms with E-state index < -0.39 is 12.0 Å². The van der Waals surface area contributed by atoms with E-state index >= 15 is 0 Å². The van der Waals surface area contributed by atoms with E-state index in [0.717, 1.165) is 18.9 Å². The summed E-state index contributed by atoms with van der Waals surface area (Å²) in [6.45, 7) is 0.580. The van der Waals surface area contributed by atoms with Gasteiger partial charge in [0.25, 0.3) is 0 Å².